The van der Waals surface area contributed by atoms with E-state index in [0.29, 0.717) is 6.61 Å². The van der Waals surface area contributed by atoms with Crippen molar-refractivity contribution in [1.82, 2.24) is 15.0 Å². The van der Waals surface area contributed by atoms with Gasteiger partial charge in [0.05, 0.1) is 18.1 Å². The first-order valence-corrected chi connectivity index (χ1v) is 9.08. The number of hydrogen-bond acceptors (Lipinski definition) is 6. The molecule has 0 unspecified atom stereocenters. The molecule has 124 valence electrons. The first kappa shape index (κ1) is 15.5. The van der Waals surface area contributed by atoms with E-state index in [0.717, 1.165) is 47.5 Å². The molecule has 0 N–H and O–H groups in total. The highest BCUT2D eigenvalue weighted by molar-refractivity contribution is 7.18. The highest BCUT2D eigenvalue weighted by Gasteiger charge is 2.23. The Balaban J connectivity index is 1.48. The number of thiophene rings is 1. The second kappa shape index (κ2) is 6.83. The Kier molecular flexibility index (Phi) is 4.40. The third kappa shape index (κ3) is 3.25. The van der Waals surface area contributed by atoms with Crippen LogP contribution in [0.1, 0.15) is 23.3 Å². The standard InChI is InChI=1S/C18H20N4OS/c1-13-8-16-17(20-12-21-18(16)24-13)22-7-3-5-15(10-22)23-11-14-4-2-6-19-9-14/h2,4,6,8-9,12,15H,3,5,7,10-11H2,1H3/t15-/m1/s1. The lowest BCUT2D eigenvalue weighted by molar-refractivity contribution is 0.0313. The van der Waals surface area contributed by atoms with Gasteiger partial charge < -0.3 is 9.64 Å². The number of hydrogen-bond donors (Lipinski definition) is 0. The quantitative estimate of drug-likeness (QED) is 0.726. The summed E-state index contributed by atoms with van der Waals surface area (Å²) < 4.78 is 6.12. The molecule has 3 aromatic heterocycles. The summed E-state index contributed by atoms with van der Waals surface area (Å²) in [6.45, 7) is 4.63. The third-order valence-electron chi connectivity index (χ3n) is 4.32. The molecule has 1 saturated heterocycles. The summed E-state index contributed by atoms with van der Waals surface area (Å²) in [6.07, 6.45) is 7.76. The summed E-state index contributed by atoms with van der Waals surface area (Å²) >= 11 is 1.72. The first-order chi connectivity index (χ1) is 11.8. The van der Waals surface area contributed by atoms with Gasteiger partial charge >= 0.3 is 0 Å². The van der Waals surface area contributed by atoms with Crippen molar-refractivity contribution in [2.45, 2.75) is 32.5 Å². The van der Waals surface area contributed by atoms with Crippen LogP contribution in [0.2, 0.25) is 0 Å². The zero-order valence-corrected chi connectivity index (χ0v) is 14.5. The van der Waals surface area contributed by atoms with Crippen molar-refractivity contribution in [3.05, 3.63) is 47.4 Å². The Hall–Kier alpha value is -2.05. The number of anilines is 1. The van der Waals surface area contributed by atoms with Crippen LogP contribution < -0.4 is 4.90 Å². The molecule has 6 heteroatoms. The lowest BCUT2D eigenvalue weighted by atomic mass is 10.1. The van der Waals surface area contributed by atoms with Crippen LogP contribution >= 0.6 is 11.3 Å². The molecule has 0 aliphatic carbocycles. The van der Waals surface area contributed by atoms with E-state index in [2.05, 4.69) is 38.9 Å². The topological polar surface area (TPSA) is 51.1 Å². The smallest absolute Gasteiger partial charge is 0.140 e. The van der Waals surface area contributed by atoms with Gasteiger partial charge in [-0.15, -0.1) is 11.3 Å². The number of aromatic nitrogens is 3. The molecule has 4 heterocycles. The van der Waals surface area contributed by atoms with Gasteiger partial charge in [0.15, 0.2) is 0 Å². The SMILES string of the molecule is Cc1cc2c(N3CCC[C@@H](OCc4cccnc4)C3)ncnc2s1. The molecular weight excluding hydrogens is 320 g/mol. The summed E-state index contributed by atoms with van der Waals surface area (Å²) in [6, 6.07) is 6.19. The van der Waals surface area contributed by atoms with Crippen LogP contribution in [0.15, 0.2) is 36.9 Å². The average molecular weight is 340 g/mol. The first-order valence-electron chi connectivity index (χ1n) is 8.26. The number of nitrogens with zero attached hydrogens (tertiary/aromatic N) is 4. The Morgan fingerprint density at radius 3 is 3.21 bits per heavy atom. The van der Waals surface area contributed by atoms with Crippen LogP contribution in [-0.4, -0.2) is 34.1 Å². The molecule has 24 heavy (non-hydrogen) atoms. The van der Waals surface area contributed by atoms with Crippen molar-refractivity contribution >= 4 is 27.4 Å². The highest BCUT2D eigenvalue weighted by atomic mass is 32.1. The number of pyridine rings is 1. The predicted molar refractivity (Wildman–Crippen MR) is 96.4 cm³/mol. The van der Waals surface area contributed by atoms with Gasteiger partial charge in [0.25, 0.3) is 0 Å². The lowest BCUT2D eigenvalue weighted by Crippen LogP contribution is -2.40. The lowest BCUT2D eigenvalue weighted by Gasteiger charge is -2.33. The van der Waals surface area contributed by atoms with Crippen molar-refractivity contribution in [3.63, 3.8) is 0 Å². The molecule has 0 amide bonds. The normalized spacial score (nSPS) is 18.2. The summed E-state index contributed by atoms with van der Waals surface area (Å²) in [5.74, 6) is 1.04. The maximum Gasteiger partial charge on any atom is 0.140 e. The van der Waals surface area contributed by atoms with Crippen LogP contribution in [0, 0.1) is 6.92 Å². The second-order valence-electron chi connectivity index (χ2n) is 6.16. The molecule has 5 nitrogen and oxygen atoms in total. The maximum atomic E-state index is 6.12. The van der Waals surface area contributed by atoms with Crippen LogP contribution in [0.5, 0.6) is 0 Å². The summed E-state index contributed by atoms with van der Waals surface area (Å²) in [4.78, 5) is 17.8. The molecule has 0 aromatic carbocycles. The number of rotatable bonds is 4. The van der Waals surface area contributed by atoms with E-state index in [-0.39, 0.29) is 6.10 Å². The molecule has 0 spiro atoms. The zero-order chi connectivity index (χ0) is 16.4. The second-order valence-corrected chi connectivity index (χ2v) is 7.39. The van der Waals surface area contributed by atoms with Crippen molar-refractivity contribution < 1.29 is 4.74 Å². The molecule has 1 aliphatic heterocycles. The van der Waals surface area contributed by atoms with Crippen LogP contribution in [0.4, 0.5) is 5.82 Å². The van der Waals surface area contributed by atoms with E-state index in [1.54, 1.807) is 23.9 Å². The monoisotopic (exact) mass is 340 g/mol. The fourth-order valence-electron chi connectivity index (χ4n) is 3.18. The van der Waals surface area contributed by atoms with Gasteiger partial charge in [-0.05, 0) is 37.5 Å². The Bertz CT molecular complexity index is 820. The highest BCUT2D eigenvalue weighted by Crippen LogP contribution is 2.31. The van der Waals surface area contributed by atoms with Crippen LogP contribution in [0.25, 0.3) is 10.2 Å². The van der Waals surface area contributed by atoms with Crippen LogP contribution in [0.3, 0.4) is 0 Å². The Labute approximate surface area is 145 Å². The van der Waals surface area contributed by atoms with E-state index < -0.39 is 0 Å². The Morgan fingerprint density at radius 2 is 2.33 bits per heavy atom. The molecule has 3 aromatic rings. The van der Waals surface area contributed by atoms with Gasteiger partial charge in [0.1, 0.15) is 17.0 Å². The number of piperidine rings is 1. The van der Waals surface area contributed by atoms with E-state index in [1.807, 2.05) is 12.3 Å². The summed E-state index contributed by atoms with van der Waals surface area (Å²) in [5.41, 5.74) is 1.12. The van der Waals surface area contributed by atoms with Gasteiger partial charge in [-0.1, -0.05) is 6.07 Å². The van der Waals surface area contributed by atoms with E-state index in [1.165, 1.54) is 4.88 Å². The fourth-order valence-corrected chi connectivity index (χ4v) is 4.02. The minimum absolute atomic E-state index is 0.226. The number of ether oxygens (including phenoxy) is 1. The molecule has 0 bridgehead atoms. The van der Waals surface area contributed by atoms with E-state index >= 15 is 0 Å². The van der Waals surface area contributed by atoms with Crippen molar-refractivity contribution in [3.8, 4) is 0 Å². The fraction of sp³-hybridized carbons (Fsp3) is 0.389. The van der Waals surface area contributed by atoms with Gasteiger partial charge in [0.2, 0.25) is 0 Å². The van der Waals surface area contributed by atoms with Crippen molar-refractivity contribution in [2.75, 3.05) is 18.0 Å². The van der Waals surface area contributed by atoms with Gasteiger partial charge in [-0.3, -0.25) is 4.98 Å². The van der Waals surface area contributed by atoms with Crippen LogP contribution in [-0.2, 0) is 11.3 Å². The van der Waals surface area contributed by atoms with Crippen molar-refractivity contribution in [2.24, 2.45) is 0 Å². The Morgan fingerprint density at radius 1 is 1.38 bits per heavy atom. The minimum atomic E-state index is 0.226. The van der Waals surface area contributed by atoms with Gasteiger partial charge in [-0.2, -0.15) is 0 Å². The minimum Gasteiger partial charge on any atom is -0.372 e. The molecule has 1 fully saturated rings. The molecule has 4 rings (SSSR count). The largest absolute Gasteiger partial charge is 0.372 e. The molecule has 0 radical (unpaired) electrons. The maximum absolute atomic E-state index is 6.12. The molecule has 1 aliphatic rings. The summed E-state index contributed by atoms with van der Waals surface area (Å²) in [5, 5.41) is 1.16. The average Bonchev–Trinajstić information content (AvgIpc) is 3.01. The van der Waals surface area contributed by atoms with Gasteiger partial charge in [-0.25, -0.2) is 9.97 Å². The molecule has 0 saturated carbocycles. The molecular formula is C18H20N4OS. The third-order valence-corrected chi connectivity index (χ3v) is 5.28. The predicted octanol–water partition coefficient (Wildman–Crippen LogP) is 3.58. The van der Waals surface area contributed by atoms with Gasteiger partial charge in [0, 0.05) is 30.4 Å². The van der Waals surface area contributed by atoms with Crippen molar-refractivity contribution in [1.29, 1.82) is 0 Å². The molecule has 1 atom stereocenters. The number of aryl methyl sites for hydroxylation is 1. The zero-order valence-electron chi connectivity index (χ0n) is 13.7. The van der Waals surface area contributed by atoms with E-state index in [4.69, 9.17) is 4.74 Å². The number of fused-ring (bicyclic) bond motifs is 1. The van der Waals surface area contributed by atoms with E-state index in [9.17, 15) is 0 Å². The summed E-state index contributed by atoms with van der Waals surface area (Å²) in [7, 11) is 0.